The van der Waals surface area contributed by atoms with Crippen molar-refractivity contribution in [2.45, 2.75) is 38.1 Å². The van der Waals surface area contributed by atoms with E-state index >= 15 is 0 Å². The Morgan fingerprint density at radius 1 is 0.900 bits per heavy atom. The Morgan fingerprint density at radius 3 is 2.47 bits per heavy atom. The molecule has 3 aromatic carbocycles. The molecule has 4 nitrogen and oxygen atoms in total. The lowest BCUT2D eigenvalue weighted by Crippen LogP contribution is -2.46. The average Bonchev–Trinajstić information content (AvgIpc) is 3.21. The van der Waals surface area contributed by atoms with Gasteiger partial charge < -0.3 is 15.5 Å². The molecule has 2 N–H and O–H groups in total. The first-order valence-corrected chi connectivity index (χ1v) is 11.1. The van der Waals surface area contributed by atoms with E-state index in [9.17, 15) is 4.79 Å². The minimum absolute atomic E-state index is 0.0866. The second kappa shape index (κ2) is 8.49. The molecule has 0 radical (unpaired) electrons. The van der Waals surface area contributed by atoms with Crippen molar-refractivity contribution >= 4 is 22.5 Å². The summed E-state index contributed by atoms with van der Waals surface area (Å²) in [5, 5.41) is 8.80. The van der Waals surface area contributed by atoms with Gasteiger partial charge in [-0.25, -0.2) is 4.79 Å². The van der Waals surface area contributed by atoms with E-state index in [-0.39, 0.29) is 12.1 Å². The van der Waals surface area contributed by atoms with Crippen LogP contribution in [0.4, 0.5) is 10.5 Å². The summed E-state index contributed by atoms with van der Waals surface area (Å²) in [7, 11) is 0. The fourth-order valence-electron chi connectivity index (χ4n) is 4.93. The maximum absolute atomic E-state index is 12.7. The van der Waals surface area contributed by atoms with E-state index in [1.54, 1.807) is 0 Å². The Bertz CT molecular complexity index is 1030. The Kier molecular flexibility index (Phi) is 5.41. The molecule has 0 saturated carbocycles. The molecule has 154 valence electrons. The van der Waals surface area contributed by atoms with E-state index in [2.05, 4.69) is 76.2 Å². The summed E-state index contributed by atoms with van der Waals surface area (Å²) >= 11 is 0. The van der Waals surface area contributed by atoms with Crippen molar-refractivity contribution in [2.75, 3.05) is 25.0 Å². The normalized spacial score (nSPS) is 16.7. The second-order valence-electron chi connectivity index (χ2n) is 8.56. The summed E-state index contributed by atoms with van der Waals surface area (Å²) in [6, 6.07) is 21.5. The molecule has 3 aromatic rings. The van der Waals surface area contributed by atoms with Gasteiger partial charge in [0.25, 0.3) is 0 Å². The zero-order chi connectivity index (χ0) is 20.3. The monoisotopic (exact) mass is 399 g/mol. The lowest BCUT2D eigenvalue weighted by molar-refractivity contribution is 0.197. The van der Waals surface area contributed by atoms with Gasteiger partial charge in [0.15, 0.2) is 0 Å². The molecular weight excluding hydrogens is 370 g/mol. The topological polar surface area (TPSA) is 44.4 Å². The molecule has 2 aliphatic rings. The quantitative estimate of drug-likeness (QED) is 0.649. The highest BCUT2D eigenvalue weighted by molar-refractivity contribution is 6.04. The highest BCUT2D eigenvalue weighted by Gasteiger charge is 2.21. The fraction of sp³-hybridized carbons (Fsp3) is 0.346. The molecule has 1 aliphatic carbocycles. The van der Waals surface area contributed by atoms with Crippen molar-refractivity contribution in [1.82, 2.24) is 10.2 Å². The third-order valence-electron chi connectivity index (χ3n) is 6.61. The number of nitrogens with one attached hydrogen (secondary N) is 2. The number of carbonyl (C=O) groups excluding carboxylic acids is 1. The summed E-state index contributed by atoms with van der Waals surface area (Å²) in [5.41, 5.74) is 5.10. The summed E-state index contributed by atoms with van der Waals surface area (Å²) in [6.07, 6.45) is 5.30. The number of aryl methyl sites for hydroxylation is 2. The van der Waals surface area contributed by atoms with Gasteiger partial charge in [-0.15, -0.1) is 0 Å². The second-order valence-corrected chi connectivity index (χ2v) is 8.56. The SMILES string of the molecule is O=C(Nc1ccc2c3c(cccc13)CC2)NC1CCN(CCc2ccccc2)CC1. The summed E-state index contributed by atoms with van der Waals surface area (Å²) in [6.45, 7) is 3.17. The highest BCUT2D eigenvalue weighted by atomic mass is 16.2. The van der Waals surface area contributed by atoms with Gasteiger partial charge in [0.1, 0.15) is 0 Å². The van der Waals surface area contributed by atoms with Crippen molar-refractivity contribution in [2.24, 2.45) is 0 Å². The van der Waals surface area contributed by atoms with E-state index in [0.717, 1.165) is 62.8 Å². The number of likely N-dealkylation sites (tertiary alicyclic amines) is 1. The third kappa shape index (κ3) is 4.05. The predicted molar refractivity (Wildman–Crippen MR) is 123 cm³/mol. The van der Waals surface area contributed by atoms with Gasteiger partial charge in [0, 0.05) is 31.1 Å². The molecule has 0 bridgehead atoms. The Morgan fingerprint density at radius 2 is 1.67 bits per heavy atom. The van der Waals surface area contributed by atoms with Crippen LogP contribution in [0.25, 0.3) is 10.8 Å². The summed E-state index contributed by atoms with van der Waals surface area (Å²) in [4.78, 5) is 15.2. The first-order chi connectivity index (χ1) is 14.8. The van der Waals surface area contributed by atoms with Gasteiger partial charge in [-0.05, 0) is 60.2 Å². The first kappa shape index (κ1) is 19.1. The maximum Gasteiger partial charge on any atom is 0.319 e. The van der Waals surface area contributed by atoms with Crippen LogP contribution in [-0.4, -0.2) is 36.6 Å². The van der Waals surface area contributed by atoms with Crippen LogP contribution in [0.3, 0.4) is 0 Å². The van der Waals surface area contributed by atoms with Crippen LogP contribution in [0.5, 0.6) is 0 Å². The number of hydrogen-bond donors (Lipinski definition) is 2. The van der Waals surface area contributed by atoms with Gasteiger partial charge in [0.2, 0.25) is 0 Å². The van der Waals surface area contributed by atoms with Crippen LogP contribution in [0, 0.1) is 0 Å². The molecule has 0 atom stereocenters. The molecule has 2 amide bonds. The van der Waals surface area contributed by atoms with Crippen LogP contribution < -0.4 is 10.6 Å². The number of benzene rings is 3. The fourth-order valence-corrected chi connectivity index (χ4v) is 4.93. The van der Waals surface area contributed by atoms with Crippen LogP contribution >= 0.6 is 0 Å². The zero-order valence-electron chi connectivity index (χ0n) is 17.4. The Hall–Kier alpha value is -2.85. The van der Waals surface area contributed by atoms with E-state index < -0.39 is 0 Å². The number of nitrogens with zero attached hydrogens (tertiary/aromatic N) is 1. The third-order valence-corrected chi connectivity index (χ3v) is 6.61. The number of amides is 2. The largest absolute Gasteiger partial charge is 0.335 e. The van der Waals surface area contributed by atoms with Crippen molar-refractivity contribution in [3.05, 3.63) is 77.4 Å². The molecule has 4 heteroatoms. The molecule has 0 aromatic heterocycles. The van der Waals surface area contributed by atoms with Crippen molar-refractivity contribution in [3.63, 3.8) is 0 Å². The summed E-state index contributed by atoms with van der Waals surface area (Å²) in [5.74, 6) is 0. The Balaban J connectivity index is 1.14. The number of carbonyl (C=O) groups is 1. The molecule has 0 spiro atoms. The van der Waals surface area contributed by atoms with Crippen molar-refractivity contribution in [3.8, 4) is 0 Å². The maximum atomic E-state index is 12.7. The van der Waals surface area contributed by atoms with E-state index in [4.69, 9.17) is 0 Å². The van der Waals surface area contributed by atoms with Crippen LogP contribution in [0.1, 0.15) is 29.5 Å². The molecular formula is C26H29N3O. The average molecular weight is 400 g/mol. The molecule has 1 heterocycles. The molecule has 0 unspecified atom stereocenters. The zero-order valence-corrected chi connectivity index (χ0v) is 17.4. The number of rotatable bonds is 5. The summed E-state index contributed by atoms with van der Waals surface area (Å²) < 4.78 is 0. The van der Waals surface area contributed by atoms with E-state index in [1.807, 2.05) is 0 Å². The molecule has 1 saturated heterocycles. The predicted octanol–water partition coefficient (Wildman–Crippen LogP) is 4.77. The van der Waals surface area contributed by atoms with Gasteiger partial charge in [-0.3, -0.25) is 0 Å². The van der Waals surface area contributed by atoms with Crippen LogP contribution in [-0.2, 0) is 19.3 Å². The van der Waals surface area contributed by atoms with Gasteiger partial charge >= 0.3 is 6.03 Å². The first-order valence-electron chi connectivity index (χ1n) is 11.1. The minimum atomic E-state index is -0.0866. The van der Waals surface area contributed by atoms with Crippen LogP contribution in [0.2, 0.25) is 0 Å². The lowest BCUT2D eigenvalue weighted by Gasteiger charge is -2.32. The van der Waals surface area contributed by atoms with Gasteiger partial charge in [-0.2, -0.15) is 0 Å². The molecule has 5 rings (SSSR count). The van der Waals surface area contributed by atoms with E-state index in [0.29, 0.717) is 0 Å². The Labute approximate surface area is 178 Å². The number of piperidine rings is 1. The van der Waals surface area contributed by atoms with Gasteiger partial charge in [0.05, 0.1) is 5.69 Å². The highest BCUT2D eigenvalue weighted by Crippen LogP contribution is 2.34. The standard InChI is InChI=1S/C26H29N3O/c30-26(28-24-12-11-21-10-9-20-7-4-8-23(24)25(20)21)27-22-14-17-29(18-15-22)16-13-19-5-2-1-3-6-19/h1-8,11-12,22H,9-10,13-18H2,(H2,27,28,30). The molecule has 30 heavy (non-hydrogen) atoms. The van der Waals surface area contributed by atoms with Crippen LogP contribution in [0.15, 0.2) is 60.7 Å². The number of anilines is 1. The lowest BCUT2D eigenvalue weighted by atomic mass is 10.0. The smallest absolute Gasteiger partial charge is 0.319 e. The minimum Gasteiger partial charge on any atom is -0.335 e. The molecule has 1 fully saturated rings. The van der Waals surface area contributed by atoms with Gasteiger partial charge in [-0.1, -0.05) is 54.6 Å². The number of urea groups is 1. The van der Waals surface area contributed by atoms with Crippen molar-refractivity contribution in [1.29, 1.82) is 0 Å². The number of hydrogen-bond acceptors (Lipinski definition) is 2. The van der Waals surface area contributed by atoms with Crippen molar-refractivity contribution < 1.29 is 4.79 Å². The molecule has 1 aliphatic heterocycles. The van der Waals surface area contributed by atoms with E-state index in [1.165, 1.54) is 22.1 Å².